The van der Waals surface area contributed by atoms with E-state index >= 15 is 0 Å². The van der Waals surface area contributed by atoms with Crippen LogP contribution in [-0.4, -0.2) is 48.2 Å². The molecule has 0 spiro atoms. The first kappa shape index (κ1) is 19.4. The molecule has 3 aliphatic rings. The van der Waals surface area contributed by atoms with Gasteiger partial charge < -0.3 is 9.64 Å². The first-order valence-corrected chi connectivity index (χ1v) is 11.4. The van der Waals surface area contributed by atoms with Gasteiger partial charge in [0.1, 0.15) is 23.7 Å². The number of hydrogen-bond acceptors (Lipinski definition) is 5. The standard InChI is InChI=1S/C25H30N4O/c26-17-19-4-7-25(27-18-19)29-14-10-23(11-15-29)30-24-6-5-20-8-12-28(22-2-1-3-22)13-9-21(20)16-24/h4-7,16,18,22-23H,1-3,8-15H2. The molecule has 2 aliphatic heterocycles. The van der Waals surface area contributed by atoms with Crippen LogP contribution >= 0.6 is 0 Å². The molecule has 5 nitrogen and oxygen atoms in total. The molecule has 5 rings (SSSR count). The van der Waals surface area contributed by atoms with E-state index in [1.165, 1.54) is 49.9 Å². The van der Waals surface area contributed by atoms with Gasteiger partial charge in [-0.15, -0.1) is 0 Å². The van der Waals surface area contributed by atoms with E-state index in [0.717, 1.165) is 50.0 Å². The second-order valence-electron chi connectivity index (χ2n) is 8.87. The lowest BCUT2D eigenvalue weighted by atomic mass is 9.91. The summed E-state index contributed by atoms with van der Waals surface area (Å²) in [6, 6.07) is 13.5. The van der Waals surface area contributed by atoms with Crippen LogP contribution in [0.4, 0.5) is 5.82 Å². The van der Waals surface area contributed by atoms with Crippen molar-refractivity contribution in [2.24, 2.45) is 0 Å². The van der Waals surface area contributed by atoms with Gasteiger partial charge in [0, 0.05) is 51.3 Å². The van der Waals surface area contributed by atoms with E-state index in [-0.39, 0.29) is 6.10 Å². The number of nitrogens with zero attached hydrogens (tertiary/aromatic N) is 4. The highest BCUT2D eigenvalue weighted by atomic mass is 16.5. The van der Waals surface area contributed by atoms with Crippen molar-refractivity contribution in [3.05, 3.63) is 53.2 Å². The Morgan fingerprint density at radius 3 is 2.40 bits per heavy atom. The van der Waals surface area contributed by atoms with E-state index in [9.17, 15) is 0 Å². The van der Waals surface area contributed by atoms with E-state index < -0.39 is 0 Å². The number of aromatic nitrogens is 1. The number of rotatable bonds is 4. The van der Waals surface area contributed by atoms with E-state index in [1.54, 1.807) is 6.20 Å². The van der Waals surface area contributed by atoms with Crippen molar-refractivity contribution in [1.82, 2.24) is 9.88 Å². The second kappa shape index (κ2) is 8.65. The summed E-state index contributed by atoms with van der Waals surface area (Å²) in [5.41, 5.74) is 3.59. The van der Waals surface area contributed by atoms with Crippen LogP contribution in [0.5, 0.6) is 5.75 Å². The number of hydrogen-bond donors (Lipinski definition) is 0. The molecule has 3 heterocycles. The number of benzene rings is 1. The van der Waals surface area contributed by atoms with Crippen LogP contribution in [0, 0.1) is 11.3 Å². The number of nitriles is 1. The molecule has 156 valence electrons. The normalized spacial score (nSPS) is 20.7. The molecule has 5 heteroatoms. The lowest BCUT2D eigenvalue weighted by Gasteiger charge is -2.36. The van der Waals surface area contributed by atoms with Gasteiger partial charge in [-0.2, -0.15) is 5.26 Å². The van der Waals surface area contributed by atoms with Gasteiger partial charge >= 0.3 is 0 Å². The average molecular weight is 403 g/mol. The Bertz CT molecular complexity index is 908. The number of anilines is 1. The van der Waals surface area contributed by atoms with Gasteiger partial charge in [-0.25, -0.2) is 4.98 Å². The molecule has 0 amide bonds. The summed E-state index contributed by atoms with van der Waals surface area (Å²) >= 11 is 0. The van der Waals surface area contributed by atoms with E-state index in [0.29, 0.717) is 5.56 Å². The van der Waals surface area contributed by atoms with Crippen LogP contribution in [0.3, 0.4) is 0 Å². The van der Waals surface area contributed by atoms with E-state index in [4.69, 9.17) is 10.00 Å². The first-order chi connectivity index (χ1) is 14.8. The molecular weight excluding hydrogens is 372 g/mol. The monoisotopic (exact) mass is 402 g/mol. The van der Waals surface area contributed by atoms with Crippen molar-refractivity contribution < 1.29 is 4.74 Å². The fraction of sp³-hybridized carbons (Fsp3) is 0.520. The lowest BCUT2D eigenvalue weighted by Crippen LogP contribution is -2.41. The predicted octanol–water partition coefficient (Wildman–Crippen LogP) is 3.95. The van der Waals surface area contributed by atoms with Gasteiger partial charge in [0.05, 0.1) is 5.56 Å². The van der Waals surface area contributed by atoms with Crippen LogP contribution < -0.4 is 9.64 Å². The summed E-state index contributed by atoms with van der Waals surface area (Å²) in [5.74, 6) is 1.98. The highest BCUT2D eigenvalue weighted by Crippen LogP contribution is 2.29. The zero-order valence-electron chi connectivity index (χ0n) is 17.6. The van der Waals surface area contributed by atoms with E-state index in [2.05, 4.69) is 39.1 Å². The molecule has 0 bridgehead atoms. The predicted molar refractivity (Wildman–Crippen MR) is 118 cm³/mol. The number of piperidine rings is 1. The molecule has 0 unspecified atom stereocenters. The molecule has 1 saturated carbocycles. The van der Waals surface area contributed by atoms with Crippen LogP contribution in [0.2, 0.25) is 0 Å². The summed E-state index contributed by atoms with van der Waals surface area (Å²) < 4.78 is 6.39. The molecule has 2 fully saturated rings. The zero-order chi connectivity index (χ0) is 20.3. The molecule has 1 aromatic heterocycles. The molecule has 1 aromatic carbocycles. The fourth-order valence-electron chi connectivity index (χ4n) is 4.94. The average Bonchev–Trinajstić information content (AvgIpc) is 2.96. The lowest BCUT2D eigenvalue weighted by molar-refractivity contribution is 0.133. The third-order valence-corrected chi connectivity index (χ3v) is 7.05. The zero-order valence-corrected chi connectivity index (χ0v) is 17.6. The molecule has 1 aliphatic carbocycles. The summed E-state index contributed by atoms with van der Waals surface area (Å²) in [6.45, 7) is 4.27. The fourth-order valence-corrected chi connectivity index (χ4v) is 4.94. The summed E-state index contributed by atoms with van der Waals surface area (Å²) in [5, 5.41) is 8.93. The quantitative estimate of drug-likeness (QED) is 0.775. The summed E-state index contributed by atoms with van der Waals surface area (Å²) in [6.07, 6.45) is 10.4. The molecule has 0 atom stereocenters. The Labute approximate surface area is 179 Å². The van der Waals surface area contributed by atoms with Gasteiger partial charge in [0.15, 0.2) is 0 Å². The van der Waals surface area contributed by atoms with Gasteiger partial charge in [0.2, 0.25) is 0 Å². The Balaban J connectivity index is 1.16. The summed E-state index contributed by atoms with van der Waals surface area (Å²) in [7, 11) is 0. The molecule has 0 N–H and O–H groups in total. The molecule has 0 radical (unpaired) electrons. The van der Waals surface area contributed by atoms with Crippen LogP contribution in [0.1, 0.15) is 48.8 Å². The molecule has 30 heavy (non-hydrogen) atoms. The van der Waals surface area contributed by atoms with Crippen molar-refractivity contribution >= 4 is 5.82 Å². The maximum atomic E-state index is 8.93. The second-order valence-corrected chi connectivity index (χ2v) is 8.87. The number of ether oxygens (including phenoxy) is 1. The molecule has 1 saturated heterocycles. The minimum Gasteiger partial charge on any atom is -0.490 e. The van der Waals surface area contributed by atoms with Crippen LogP contribution in [-0.2, 0) is 12.8 Å². The highest BCUT2D eigenvalue weighted by molar-refractivity contribution is 5.42. The minimum absolute atomic E-state index is 0.259. The van der Waals surface area contributed by atoms with Crippen molar-refractivity contribution in [3.63, 3.8) is 0 Å². The van der Waals surface area contributed by atoms with Crippen LogP contribution in [0.15, 0.2) is 36.5 Å². The minimum atomic E-state index is 0.259. The summed E-state index contributed by atoms with van der Waals surface area (Å²) in [4.78, 5) is 9.42. The maximum absolute atomic E-state index is 8.93. The Morgan fingerprint density at radius 2 is 1.73 bits per heavy atom. The SMILES string of the molecule is N#Cc1ccc(N2CCC(Oc3ccc4c(c3)CCN(C3CCC3)CC4)CC2)nc1. The Morgan fingerprint density at radius 1 is 0.933 bits per heavy atom. The number of fused-ring (bicyclic) bond motifs is 1. The van der Waals surface area contributed by atoms with Gasteiger partial charge in [-0.1, -0.05) is 12.5 Å². The van der Waals surface area contributed by atoms with Crippen molar-refractivity contribution in [2.45, 2.75) is 57.1 Å². The van der Waals surface area contributed by atoms with E-state index in [1.807, 2.05) is 12.1 Å². The highest BCUT2D eigenvalue weighted by Gasteiger charge is 2.27. The molecular formula is C25H30N4O. The third-order valence-electron chi connectivity index (χ3n) is 7.05. The van der Waals surface area contributed by atoms with Crippen molar-refractivity contribution in [2.75, 3.05) is 31.1 Å². The van der Waals surface area contributed by atoms with Crippen LogP contribution in [0.25, 0.3) is 0 Å². The van der Waals surface area contributed by atoms with Gasteiger partial charge in [-0.3, -0.25) is 4.90 Å². The Kier molecular flexibility index (Phi) is 5.59. The number of pyridine rings is 1. The Hall–Kier alpha value is -2.58. The van der Waals surface area contributed by atoms with Crippen molar-refractivity contribution in [1.29, 1.82) is 5.26 Å². The van der Waals surface area contributed by atoms with Crippen molar-refractivity contribution in [3.8, 4) is 11.8 Å². The maximum Gasteiger partial charge on any atom is 0.128 e. The largest absolute Gasteiger partial charge is 0.490 e. The van der Waals surface area contributed by atoms with Gasteiger partial charge in [-0.05, 0) is 61.1 Å². The first-order valence-electron chi connectivity index (χ1n) is 11.4. The third kappa shape index (κ3) is 4.15. The van der Waals surface area contributed by atoms with Gasteiger partial charge in [0.25, 0.3) is 0 Å². The topological polar surface area (TPSA) is 52.4 Å². The smallest absolute Gasteiger partial charge is 0.128 e. The molecule has 2 aromatic rings.